The first kappa shape index (κ1) is 15.9. The van der Waals surface area contributed by atoms with Crippen molar-refractivity contribution in [1.82, 2.24) is 9.97 Å². The van der Waals surface area contributed by atoms with Gasteiger partial charge < -0.3 is 10.6 Å². The maximum Gasteiger partial charge on any atom is 0.255 e. The van der Waals surface area contributed by atoms with Gasteiger partial charge in [0.25, 0.3) is 5.91 Å². The number of aromatic nitrogens is 2. The van der Waals surface area contributed by atoms with Crippen LogP contribution in [0.4, 0.5) is 11.6 Å². The van der Waals surface area contributed by atoms with Gasteiger partial charge in [0.15, 0.2) is 0 Å². The molecule has 2 aromatic rings. The zero-order valence-electron chi connectivity index (χ0n) is 13.3. The number of hydrogen-bond acceptors (Lipinski definition) is 4. The fraction of sp³-hybridized carbons (Fsp3) is 0.353. The van der Waals surface area contributed by atoms with Crippen LogP contribution in [0.2, 0.25) is 0 Å². The quantitative estimate of drug-likeness (QED) is 0.856. The molecule has 1 aromatic carbocycles. The van der Waals surface area contributed by atoms with Gasteiger partial charge in [-0.2, -0.15) is 0 Å². The van der Waals surface area contributed by atoms with Crippen LogP contribution in [0.5, 0.6) is 0 Å². The molecule has 0 saturated heterocycles. The van der Waals surface area contributed by atoms with Crippen LogP contribution < -0.4 is 10.6 Å². The highest BCUT2D eigenvalue weighted by Gasteiger charge is 2.06. The van der Waals surface area contributed by atoms with Crippen molar-refractivity contribution in [3.8, 4) is 0 Å². The molecule has 5 nitrogen and oxygen atoms in total. The van der Waals surface area contributed by atoms with E-state index >= 15 is 0 Å². The summed E-state index contributed by atoms with van der Waals surface area (Å²) in [5.74, 6) is 1.06. The Bertz CT molecular complexity index is 623. The molecule has 0 saturated carbocycles. The van der Waals surface area contributed by atoms with Crippen molar-refractivity contribution < 1.29 is 4.79 Å². The Balaban J connectivity index is 1.92. The molecule has 2 rings (SSSR count). The SMILES string of the molecule is Cc1cccc(C(=O)Nc2cnc(NCCC(C)C)nc2)c1. The number of anilines is 2. The molecule has 0 bridgehead atoms. The summed E-state index contributed by atoms with van der Waals surface area (Å²) in [7, 11) is 0. The number of nitrogens with zero attached hydrogens (tertiary/aromatic N) is 2. The van der Waals surface area contributed by atoms with Gasteiger partial charge in [0.2, 0.25) is 5.95 Å². The van der Waals surface area contributed by atoms with Crippen molar-refractivity contribution in [1.29, 1.82) is 0 Å². The second-order valence-corrected chi connectivity index (χ2v) is 5.73. The Morgan fingerprint density at radius 2 is 1.95 bits per heavy atom. The molecule has 0 atom stereocenters. The molecule has 0 spiro atoms. The van der Waals surface area contributed by atoms with Gasteiger partial charge in [-0.25, -0.2) is 9.97 Å². The molecule has 0 aliphatic heterocycles. The zero-order valence-corrected chi connectivity index (χ0v) is 13.3. The van der Waals surface area contributed by atoms with Gasteiger partial charge in [0, 0.05) is 12.1 Å². The van der Waals surface area contributed by atoms with Gasteiger partial charge in [-0.1, -0.05) is 31.5 Å². The molecule has 1 aromatic heterocycles. The van der Waals surface area contributed by atoms with E-state index in [0.29, 0.717) is 23.1 Å². The molecular formula is C17H22N4O. The van der Waals surface area contributed by atoms with Gasteiger partial charge in [0.05, 0.1) is 18.1 Å². The lowest BCUT2D eigenvalue weighted by molar-refractivity contribution is 0.102. The number of nitrogens with one attached hydrogen (secondary N) is 2. The van der Waals surface area contributed by atoms with Crippen LogP contribution in [0.1, 0.15) is 36.2 Å². The maximum absolute atomic E-state index is 12.1. The molecule has 2 N–H and O–H groups in total. The predicted octanol–water partition coefficient (Wildman–Crippen LogP) is 3.50. The molecule has 116 valence electrons. The third kappa shape index (κ3) is 4.84. The second-order valence-electron chi connectivity index (χ2n) is 5.73. The van der Waals surface area contributed by atoms with E-state index in [0.717, 1.165) is 18.5 Å². The third-order valence-electron chi connectivity index (χ3n) is 3.19. The minimum atomic E-state index is -0.159. The molecule has 0 unspecified atom stereocenters. The van der Waals surface area contributed by atoms with Crippen LogP contribution in [0, 0.1) is 12.8 Å². The Labute approximate surface area is 131 Å². The van der Waals surface area contributed by atoms with Crippen molar-refractivity contribution in [3.05, 3.63) is 47.8 Å². The van der Waals surface area contributed by atoms with Crippen molar-refractivity contribution in [2.45, 2.75) is 27.2 Å². The Hall–Kier alpha value is -2.43. The highest BCUT2D eigenvalue weighted by Crippen LogP contribution is 2.10. The van der Waals surface area contributed by atoms with Crippen LogP contribution in [0.25, 0.3) is 0 Å². The number of hydrogen-bond donors (Lipinski definition) is 2. The molecule has 0 fully saturated rings. The summed E-state index contributed by atoms with van der Waals surface area (Å²) in [4.78, 5) is 20.5. The summed E-state index contributed by atoms with van der Waals surface area (Å²) in [6.45, 7) is 7.14. The standard InChI is InChI=1S/C17H22N4O/c1-12(2)7-8-18-17-19-10-15(11-20-17)21-16(22)14-6-4-5-13(3)9-14/h4-6,9-12H,7-8H2,1-3H3,(H,21,22)(H,18,19,20). The lowest BCUT2D eigenvalue weighted by atomic mass is 10.1. The molecule has 0 radical (unpaired) electrons. The predicted molar refractivity (Wildman–Crippen MR) is 89.1 cm³/mol. The minimum absolute atomic E-state index is 0.159. The number of carbonyl (C=O) groups is 1. The Morgan fingerprint density at radius 1 is 1.23 bits per heavy atom. The van der Waals surface area contributed by atoms with E-state index in [1.807, 2.05) is 25.1 Å². The molecule has 1 amide bonds. The molecule has 1 heterocycles. The van der Waals surface area contributed by atoms with Crippen LogP contribution in [0.3, 0.4) is 0 Å². The van der Waals surface area contributed by atoms with E-state index in [1.54, 1.807) is 18.5 Å². The van der Waals surface area contributed by atoms with Crippen LogP contribution in [0.15, 0.2) is 36.7 Å². The van der Waals surface area contributed by atoms with Gasteiger partial charge in [-0.15, -0.1) is 0 Å². The topological polar surface area (TPSA) is 66.9 Å². The average molecular weight is 298 g/mol. The summed E-state index contributed by atoms with van der Waals surface area (Å²) in [6, 6.07) is 7.45. The molecular weight excluding hydrogens is 276 g/mol. The number of carbonyl (C=O) groups excluding carboxylic acids is 1. The minimum Gasteiger partial charge on any atom is -0.354 e. The Kier molecular flexibility index (Phi) is 5.47. The molecule has 0 aliphatic carbocycles. The zero-order chi connectivity index (χ0) is 15.9. The first-order valence-corrected chi connectivity index (χ1v) is 7.48. The van der Waals surface area contributed by atoms with E-state index < -0.39 is 0 Å². The van der Waals surface area contributed by atoms with Crippen molar-refractivity contribution in [2.24, 2.45) is 5.92 Å². The first-order chi connectivity index (χ1) is 10.5. The van der Waals surface area contributed by atoms with E-state index in [-0.39, 0.29) is 5.91 Å². The van der Waals surface area contributed by atoms with Gasteiger partial charge in [0.1, 0.15) is 0 Å². The lowest BCUT2D eigenvalue weighted by Gasteiger charge is -2.08. The van der Waals surface area contributed by atoms with Crippen LogP contribution >= 0.6 is 0 Å². The van der Waals surface area contributed by atoms with Gasteiger partial charge in [-0.3, -0.25) is 4.79 Å². The fourth-order valence-electron chi connectivity index (χ4n) is 1.95. The number of rotatable bonds is 6. The second kappa shape index (κ2) is 7.54. The largest absolute Gasteiger partial charge is 0.354 e. The smallest absolute Gasteiger partial charge is 0.255 e. The molecule has 5 heteroatoms. The van der Waals surface area contributed by atoms with Gasteiger partial charge in [-0.05, 0) is 31.4 Å². The maximum atomic E-state index is 12.1. The average Bonchev–Trinajstić information content (AvgIpc) is 2.48. The monoisotopic (exact) mass is 298 g/mol. The third-order valence-corrected chi connectivity index (χ3v) is 3.19. The lowest BCUT2D eigenvalue weighted by Crippen LogP contribution is -2.13. The van der Waals surface area contributed by atoms with Crippen LogP contribution in [-0.2, 0) is 0 Å². The normalized spacial score (nSPS) is 10.5. The van der Waals surface area contributed by atoms with E-state index in [4.69, 9.17) is 0 Å². The van der Waals surface area contributed by atoms with Crippen LogP contribution in [-0.4, -0.2) is 22.4 Å². The van der Waals surface area contributed by atoms with E-state index in [1.165, 1.54) is 0 Å². The summed E-state index contributed by atoms with van der Waals surface area (Å²) in [5.41, 5.74) is 2.26. The molecule has 0 aliphatic rings. The fourth-order valence-corrected chi connectivity index (χ4v) is 1.95. The van der Waals surface area contributed by atoms with Crippen molar-refractivity contribution >= 4 is 17.5 Å². The van der Waals surface area contributed by atoms with Gasteiger partial charge >= 0.3 is 0 Å². The van der Waals surface area contributed by atoms with Crippen molar-refractivity contribution in [3.63, 3.8) is 0 Å². The van der Waals surface area contributed by atoms with E-state index in [9.17, 15) is 4.79 Å². The summed E-state index contributed by atoms with van der Waals surface area (Å²) in [6.07, 6.45) is 4.28. The first-order valence-electron chi connectivity index (χ1n) is 7.48. The highest BCUT2D eigenvalue weighted by molar-refractivity contribution is 6.04. The van der Waals surface area contributed by atoms with Crippen molar-refractivity contribution in [2.75, 3.05) is 17.2 Å². The Morgan fingerprint density at radius 3 is 2.59 bits per heavy atom. The molecule has 22 heavy (non-hydrogen) atoms. The summed E-state index contributed by atoms with van der Waals surface area (Å²) >= 11 is 0. The van der Waals surface area contributed by atoms with E-state index in [2.05, 4.69) is 34.4 Å². The number of benzene rings is 1. The number of amides is 1. The summed E-state index contributed by atoms with van der Waals surface area (Å²) in [5, 5.41) is 5.96. The summed E-state index contributed by atoms with van der Waals surface area (Å²) < 4.78 is 0. The highest BCUT2D eigenvalue weighted by atomic mass is 16.1. The number of aryl methyl sites for hydroxylation is 1.